The van der Waals surface area contributed by atoms with Crippen molar-refractivity contribution in [3.63, 3.8) is 0 Å². The number of halogens is 1. The van der Waals surface area contributed by atoms with Crippen LogP contribution in [0.15, 0.2) is 49.0 Å². The Kier molecular flexibility index (Phi) is 3.31. The zero-order valence-corrected chi connectivity index (χ0v) is 9.19. The lowest BCUT2D eigenvalue weighted by molar-refractivity contribution is 0.401. The molecule has 1 atom stereocenters. The third kappa shape index (κ3) is 2.28. The highest BCUT2D eigenvalue weighted by molar-refractivity contribution is 7.15. The molecule has 2 aromatic heterocycles. The fraction of sp³-hybridized carbons (Fsp3) is 0.0833. The highest BCUT2D eigenvalue weighted by atomic mass is 32.1. The summed E-state index contributed by atoms with van der Waals surface area (Å²) >= 11 is 1.36. The SMILES string of the molecule is O/C=C\C(F)c1ccc(-c2cccnc2)s1. The van der Waals surface area contributed by atoms with Crippen molar-refractivity contribution in [2.75, 3.05) is 0 Å². The van der Waals surface area contributed by atoms with Gasteiger partial charge in [0.15, 0.2) is 6.17 Å². The normalized spacial score (nSPS) is 13.1. The first-order valence-electron chi connectivity index (χ1n) is 4.76. The second-order valence-electron chi connectivity index (χ2n) is 3.19. The number of hydrogen-bond acceptors (Lipinski definition) is 3. The number of allylic oxidation sites excluding steroid dienone is 1. The molecule has 2 rings (SSSR count). The van der Waals surface area contributed by atoms with Crippen LogP contribution in [-0.2, 0) is 0 Å². The quantitative estimate of drug-likeness (QED) is 0.818. The van der Waals surface area contributed by atoms with Gasteiger partial charge in [0, 0.05) is 27.7 Å². The topological polar surface area (TPSA) is 33.1 Å². The Morgan fingerprint density at radius 2 is 2.25 bits per heavy atom. The van der Waals surface area contributed by atoms with Gasteiger partial charge in [0.25, 0.3) is 0 Å². The number of alkyl halides is 1. The van der Waals surface area contributed by atoms with E-state index in [0.29, 0.717) is 4.88 Å². The minimum atomic E-state index is -1.25. The molecule has 0 bridgehead atoms. The molecule has 4 heteroatoms. The number of aliphatic hydroxyl groups excluding tert-OH is 1. The number of aromatic nitrogens is 1. The van der Waals surface area contributed by atoms with Crippen LogP contribution in [0.5, 0.6) is 0 Å². The molecule has 0 radical (unpaired) electrons. The van der Waals surface area contributed by atoms with Gasteiger partial charge in [-0.25, -0.2) is 4.39 Å². The van der Waals surface area contributed by atoms with E-state index in [-0.39, 0.29) is 0 Å². The maximum absolute atomic E-state index is 13.4. The molecule has 0 amide bonds. The van der Waals surface area contributed by atoms with Crippen molar-refractivity contribution in [3.05, 3.63) is 53.9 Å². The summed E-state index contributed by atoms with van der Waals surface area (Å²) in [6.07, 6.45) is 4.03. The average Bonchev–Trinajstić information content (AvgIpc) is 2.80. The molecule has 0 saturated carbocycles. The monoisotopic (exact) mass is 235 g/mol. The highest BCUT2D eigenvalue weighted by Crippen LogP contribution is 2.32. The van der Waals surface area contributed by atoms with Crippen molar-refractivity contribution in [1.29, 1.82) is 0 Å². The molecule has 82 valence electrons. The number of pyridine rings is 1. The summed E-state index contributed by atoms with van der Waals surface area (Å²) in [7, 11) is 0. The van der Waals surface area contributed by atoms with Crippen LogP contribution in [0.1, 0.15) is 11.0 Å². The summed E-state index contributed by atoms with van der Waals surface area (Å²) in [5, 5.41) is 8.50. The largest absolute Gasteiger partial charge is 0.516 e. The summed E-state index contributed by atoms with van der Waals surface area (Å²) in [5.74, 6) is 0. The molecule has 1 N–H and O–H groups in total. The van der Waals surface area contributed by atoms with E-state index in [1.54, 1.807) is 18.5 Å². The summed E-state index contributed by atoms with van der Waals surface area (Å²) in [4.78, 5) is 5.55. The third-order valence-corrected chi connectivity index (χ3v) is 3.29. The molecule has 0 aromatic carbocycles. The van der Waals surface area contributed by atoms with E-state index >= 15 is 0 Å². The van der Waals surface area contributed by atoms with E-state index in [1.807, 2.05) is 18.2 Å². The van der Waals surface area contributed by atoms with Crippen LogP contribution in [-0.4, -0.2) is 10.1 Å². The molecule has 0 aliphatic heterocycles. The smallest absolute Gasteiger partial charge is 0.156 e. The van der Waals surface area contributed by atoms with Gasteiger partial charge in [0.05, 0.1) is 6.26 Å². The summed E-state index contributed by atoms with van der Waals surface area (Å²) in [5.41, 5.74) is 0.971. The first-order valence-corrected chi connectivity index (χ1v) is 5.58. The Balaban J connectivity index is 2.26. The first-order chi connectivity index (χ1) is 7.81. The molecule has 0 fully saturated rings. The van der Waals surface area contributed by atoms with E-state index in [1.165, 1.54) is 11.3 Å². The lowest BCUT2D eigenvalue weighted by atomic mass is 10.2. The second-order valence-corrected chi connectivity index (χ2v) is 4.30. The van der Waals surface area contributed by atoms with Gasteiger partial charge in [-0.1, -0.05) is 6.07 Å². The van der Waals surface area contributed by atoms with Gasteiger partial charge >= 0.3 is 0 Å². The van der Waals surface area contributed by atoms with Gasteiger partial charge < -0.3 is 5.11 Å². The maximum atomic E-state index is 13.4. The molecular formula is C12H10FNOS. The van der Waals surface area contributed by atoms with Gasteiger partial charge in [0.1, 0.15) is 0 Å². The van der Waals surface area contributed by atoms with E-state index < -0.39 is 6.17 Å². The Bertz CT molecular complexity index is 481. The van der Waals surface area contributed by atoms with Crippen molar-refractivity contribution in [1.82, 2.24) is 4.98 Å². The first kappa shape index (κ1) is 10.8. The van der Waals surface area contributed by atoms with Crippen molar-refractivity contribution >= 4 is 11.3 Å². The van der Waals surface area contributed by atoms with Crippen LogP contribution in [0.4, 0.5) is 4.39 Å². The Morgan fingerprint density at radius 1 is 1.38 bits per heavy atom. The Labute approximate surface area is 96.7 Å². The number of rotatable bonds is 3. The molecule has 0 spiro atoms. The van der Waals surface area contributed by atoms with Crippen LogP contribution >= 0.6 is 11.3 Å². The molecule has 0 aliphatic rings. The van der Waals surface area contributed by atoms with E-state index in [9.17, 15) is 4.39 Å². The van der Waals surface area contributed by atoms with Gasteiger partial charge in [-0.3, -0.25) is 4.98 Å². The van der Waals surface area contributed by atoms with Crippen LogP contribution in [0.3, 0.4) is 0 Å². The minimum Gasteiger partial charge on any atom is -0.516 e. The Morgan fingerprint density at radius 3 is 2.94 bits per heavy atom. The second kappa shape index (κ2) is 4.90. The van der Waals surface area contributed by atoms with Gasteiger partial charge in [-0.15, -0.1) is 11.3 Å². The zero-order valence-electron chi connectivity index (χ0n) is 8.38. The van der Waals surface area contributed by atoms with Crippen molar-refractivity contribution in [2.45, 2.75) is 6.17 Å². The third-order valence-electron chi connectivity index (χ3n) is 2.10. The molecule has 0 saturated heterocycles. The highest BCUT2D eigenvalue weighted by Gasteiger charge is 2.10. The summed E-state index contributed by atoms with van der Waals surface area (Å²) < 4.78 is 13.4. The van der Waals surface area contributed by atoms with Crippen LogP contribution in [0.25, 0.3) is 10.4 Å². The number of thiophene rings is 1. The molecular weight excluding hydrogens is 225 g/mol. The molecule has 2 heterocycles. The predicted octanol–water partition coefficient (Wildman–Crippen LogP) is 3.89. The maximum Gasteiger partial charge on any atom is 0.156 e. The molecule has 16 heavy (non-hydrogen) atoms. The summed E-state index contributed by atoms with van der Waals surface area (Å²) in [6.45, 7) is 0. The number of aliphatic hydroxyl groups is 1. The van der Waals surface area contributed by atoms with Gasteiger partial charge in [0.2, 0.25) is 0 Å². The predicted molar refractivity (Wildman–Crippen MR) is 63.2 cm³/mol. The fourth-order valence-corrected chi connectivity index (χ4v) is 2.29. The van der Waals surface area contributed by atoms with E-state index in [4.69, 9.17) is 5.11 Å². The van der Waals surface area contributed by atoms with E-state index in [0.717, 1.165) is 22.8 Å². The summed E-state index contributed by atoms with van der Waals surface area (Å²) in [6, 6.07) is 7.35. The van der Waals surface area contributed by atoms with Crippen molar-refractivity contribution < 1.29 is 9.50 Å². The van der Waals surface area contributed by atoms with Gasteiger partial charge in [-0.2, -0.15) is 0 Å². The van der Waals surface area contributed by atoms with Crippen LogP contribution < -0.4 is 0 Å². The number of hydrogen-bond donors (Lipinski definition) is 1. The van der Waals surface area contributed by atoms with Crippen molar-refractivity contribution in [3.8, 4) is 10.4 Å². The van der Waals surface area contributed by atoms with Crippen LogP contribution in [0.2, 0.25) is 0 Å². The standard InChI is InChI=1S/C12H10FNOS/c13-10(5-7-15)12-4-3-11(16-12)9-2-1-6-14-8-9/h1-8,10,15H/b7-5-. The lowest BCUT2D eigenvalue weighted by Crippen LogP contribution is -1.79. The number of nitrogens with zero attached hydrogens (tertiary/aromatic N) is 1. The Hall–Kier alpha value is -1.68. The fourth-order valence-electron chi connectivity index (χ4n) is 1.34. The minimum absolute atomic E-state index is 0.573. The molecule has 0 aliphatic carbocycles. The lowest BCUT2D eigenvalue weighted by Gasteiger charge is -1.97. The van der Waals surface area contributed by atoms with E-state index in [2.05, 4.69) is 4.98 Å². The van der Waals surface area contributed by atoms with Gasteiger partial charge in [-0.05, 0) is 24.3 Å². The molecule has 1 unspecified atom stereocenters. The molecule has 2 nitrogen and oxygen atoms in total. The zero-order chi connectivity index (χ0) is 11.4. The molecule has 2 aromatic rings. The van der Waals surface area contributed by atoms with Crippen LogP contribution in [0, 0.1) is 0 Å². The average molecular weight is 235 g/mol. The van der Waals surface area contributed by atoms with Crippen molar-refractivity contribution in [2.24, 2.45) is 0 Å².